The Kier molecular flexibility index (Phi) is 7.40. The van der Waals surface area contributed by atoms with E-state index in [1.807, 2.05) is 13.8 Å². The maximum absolute atomic E-state index is 11.9. The highest BCUT2D eigenvalue weighted by Crippen LogP contribution is 2.14. The van der Waals surface area contributed by atoms with Gasteiger partial charge in [0.15, 0.2) is 5.82 Å². The molecule has 4 N–H and O–H groups in total. The molecule has 1 heterocycles. The van der Waals surface area contributed by atoms with E-state index >= 15 is 0 Å². The predicted octanol–water partition coefficient (Wildman–Crippen LogP) is 1.29. The molecular weight excluding hydrogens is 304 g/mol. The van der Waals surface area contributed by atoms with Crippen LogP contribution in [0.5, 0.6) is 0 Å². The minimum atomic E-state index is -0.349. The third-order valence-corrected chi connectivity index (χ3v) is 4.44. The number of carbonyl (C=O) groups excluding carboxylic acids is 2. The Morgan fingerprint density at radius 3 is 2.45 bits per heavy atom. The zero-order valence-corrected chi connectivity index (χ0v) is 14.1. The molecule has 0 aromatic carbocycles. The van der Waals surface area contributed by atoms with E-state index in [0.29, 0.717) is 18.1 Å². The van der Waals surface area contributed by atoms with E-state index in [1.165, 1.54) is 11.8 Å². The first-order valence-corrected chi connectivity index (χ1v) is 8.42. The third kappa shape index (κ3) is 5.69. The van der Waals surface area contributed by atoms with E-state index in [4.69, 9.17) is 10.3 Å². The highest BCUT2D eigenvalue weighted by molar-refractivity contribution is 8.00. The first-order chi connectivity index (χ1) is 10.4. The number of aryl methyl sites for hydroxylation is 1. The maximum atomic E-state index is 11.9. The molecule has 8 heteroatoms. The molecule has 0 saturated heterocycles. The van der Waals surface area contributed by atoms with Crippen molar-refractivity contribution < 1.29 is 14.1 Å². The molecule has 0 radical (unpaired) electrons. The zero-order chi connectivity index (χ0) is 16.6. The first kappa shape index (κ1) is 18.5. The molecule has 124 valence electrons. The van der Waals surface area contributed by atoms with Crippen LogP contribution in [-0.4, -0.2) is 40.6 Å². The monoisotopic (exact) mass is 328 g/mol. The second-order valence-corrected chi connectivity index (χ2v) is 6.09. The lowest BCUT2D eigenvalue weighted by atomic mass is 9.93. The van der Waals surface area contributed by atoms with Crippen molar-refractivity contribution in [1.82, 2.24) is 10.5 Å². The van der Waals surface area contributed by atoms with E-state index in [-0.39, 0.29) is 28.9 Å². The van der Waals surface area contributed by atoms with Crippen LogP contribution in [0.1, 0.15) is 32.4 Å². The van der Waals surface area contributed by atoms with Gasteiger partial charge in [0.1, 0.15) is 5.76 Å². The van der Waals surface area contributed by atoms with Gasteiger partial charge < -0.3 is 20.9 Å². The SMILES string of the molecule is CCC(CC)(CN)NC(=O)CSCC(=O)Nc1cc(C)on1. The number of thioether (sulfide) groups is 1. The van der Waals surface area contributed by atoms with Gasteiger partial charge in [-0.05, 0) is 19.8 Å². The number of aromatic nitrogens is 1. The Bertz CT molecular complexity index is 492. The Morgan fingerprint density at radius 2 is 1.95 bits per heavy atom. The Hall–Kier alpha value is -1.54. The lowest BCUT2D eigenvalue weighted by Gasteiger charge is -2.31. The van der Waals surface area contributed by atoms with Crippen molar-refractivity contribution in [2.75, 3.05) is 23.4 Å². The van der Waals surface area contributed by atoms with Gasteiger partial charge in [-0.2, -0.15) is 0 Å². The van der Waals surface area contributed by atoms with Crippen LogP contribution in [0.2, 0.25) is 0 Å². The van der Waals surface area contributed by atoms with Crippen LogP contribution in [-0.2, 0) is 9.59 Å². The molecule has 0 atom stereocenters. The Morgan fingerprint density at radius 1 is 1.32 bits per heavy atom. The summed E-state index contributed by atoms with van der Waals surface area (Å²) in [7, 11) is 0. The minimum absolute atomic E-state index is 0.107. The van der Waals surface area contributed by atoms with Crippen molar-refractivity contribution in [3.05, 3.63) is 11.8 Å². The van der Waals surface area contributed by atoms with Crippen LogP contribution in [0.25, 0.3) is 0 Å². The van der Waals surface area contributed by atoms with E-state index in [2.05, 4.69) is 15.8 Å². The normalized spacial score (nSPS) is 11.3. The van der Waals surface area contributed by atoms with Crippen molar-refractivity contribution in [2.24, 2.45) is 5.73 Å². The number of carbonyl (C=O) groups is 2. The highest BCUT2D eigenvalue weighted by Gasteiger charge is 2.26. The van der Waals surface area contributed by atoms with Crippen LogP contribution in [0.15, 0.2) is 10.6 Å². The number of nitrogens with one attached hydrogen (secondary N) is 2. The van der Waals surface area contributed by atoms with Gasteiger partial charge in [0.2, 0.25) is 11.8 Å². The molecular formula is C14H24N4O3S. The number of rotatable bonds is 9. The smallest absolute Gasteiger partial charge is 0.235 e. The van der Waals surface area contributed by atoms with E-state index < -0.39 is 0 Å². The summed E-state index contributed by atoms with van der Waals surface area (Å²) >= 11 is 1.24. The summed E-state index contributed by atoms with van der Waals surface area (Å²) in [5.74, 6) is 1.07. The van der Waals surface area contributed by atoms with Crippen LogP contribution in [0, 0.1) is 6.92 Å². The first-order valence-electron chi connectivity index (χ1n) is 7.26. The molecule has 0 aliphatic carbocycles. The standard InChI is InChI=1S/C14H24N4O3S/c1-4-14(5-2,9-15)17-13(20)8-22-7-12(19)16-11-6-10(3)21-18-11/h6H,4-5,7-9,15H2,1-3H3,(H,17,20)(H,16,18,19). The van der Waals surface area contributed by atoms with E-state index in [0.717, 1.165) is 12.8 Å². The van der Waals surface area contributed by atoms with E-state index in [9.17, 15) is 9.59 Å². The van der Waals surface area contributed by atoms with Gasteiger partial charge in [0.05, 0.1) is 17.0 Å². The fourth-order valence-electron chi connectivity index (χ4n) is 1.94. The molecule has 22 heavy (non-hydrogen) atoms. The fourth-order valence-corrected chi connectivity index (χ4v) is 2.56. The van der Waals surface area contributed by atoms with Gasteiger partial charge >= 0.3 is 0 Å². The van der Waals surface area contributed by atoms with Crippen molar-refractivity contribution in [1.29, 1.82) is 0 Å². The lowest BCUT2D eigenvalue weighted by Crippen LogP contribution is -2.53. The minimum Gasteiger partial charge on any atom is -0.360 e. The molecule has 0 spiro atoms. The zero-order valence-electron chi connectivity index (χ0n) is 13.3. The summed E-state index contributed by atoms with van der Waals surface area (Å²) in [6.07, 6.45) is 1.56. The largest absolute Gasteiger partial charge is 0.360 e. The summed E-state index contributed by atoms with van der Waals surface area (Å²) < 4.78 is 4.85. The Balaban J connectivity index is 2.31. The fraction of sp³-hybridized carbons (Fsp3) is 0.643. The number of nitrogens with two attached hydrogens (primary N) is 1. The quantitative estimate of drug-likeness (QED) is 0.630. The molecule has 0 saturated carbocycles. The van der Waals surface area contributed by atoms with Gasteiger partial charge in [0, 0.05) is 12.6 Å². The number of hydrogen-bond donors (Lipinski definition) is 3. The van der Waals surface area contributed by atoms with E-state index in [1.54, 1.807) is 13.0 Å². The molecule has 7 nitrogen and oxygen atoms in total. The van der Waals surface area contributed by atoms with Gasteiger partial charge in [-0.3, -0.25) is 9.59 Å². The summed E-state index contributed by atoms with van der Waals surface area (Å²) in [5.41, 5.74) is 5.39. The predicted molar refractivity (Wildman–Crippen MR) is 87.7 cm³/mol. The molecule has 0 bridgehead atoms. The van der Waals surface area contributed by atoms with Gasteiger partial charge in [-0.15, -0.1) is 11.8 Å². The van der Waals surface area contributed by atoms with Gasteiger partial charge in [-0.25, -0.2) is 0 Å². The number of nitrogens with zero attached hydrogens (tertiary/aromatic N) is 1. The van der Waals surface area contributed by atoms with Crippen LogP contribution in [0.3, 0.4) is 0 Å². The molecule has 1 aromatic heterocycles. The summed E-state index contributed by atoms with van der Waals surface area (Å²) in [6, 6.07) is 1.63. The second-order valence-electron chi connectivity index (χ2n) is 5.10. The van der Waals surface area contributed by atoms with Crippen molar-refractivity contribution >= 4 is 29.4 Å². The lowest BCUT2D eigenvalue weighted by molar-refractivity contribution is -0.120. The maximum Gasteiger partial charge on any atom is 0.235 e. The molecule has 2 amide bonds. The van der Waals surface area contributed by atoms with Crippen LogP contribution < -0.4 is 16.4 Å². The number of anilines is 1. The molecule has 0 unspecified atom stereocenters. The number of hydrogen-bond acceptors (Lipinski definition) is 6. The van der Waals surface area contributed by atoms with Crippen molar-refractivity contribution in [3.63, 3.8) is 0 Å². The summed E-state index contributed by atoms with van der Waals surface area (Å²) in [4.78, 5) is 23.6. The number of amides is 2. The summed E-state index contributed by atoms with van der Waals surface area (Å²) in [5, 5.41) is 9.24. The van der Waals surface area contributed by atoms with Crippen molar-refractivity contribution in [3.8, 4) is 0 Å². The average molecular weight is 328 g/mol. The van der Waals surface area contributed by atoms with Crippen molar-refractivity contribution in [2.45, 2.75) is 39.2 Å². The van der Waals surface area contributed by atoms with Gasteiger partial charge in [-0.1, -0.05) is 19.0 Å². The third-order valence-electron chi connectivity index (χ3n) is 3.51. The Labute approximate surface area is 134 Å². The van der Waals surface area contributed by atoms with Crippen LogP contribution in [0.4, 0.5) is 5.82 Å². The molecule has 1 rings (SSSR count). The van der Waals surface area contributed by atoms with Crippen LogP contribution >= 0.6 is 11.8 Å². The molecule has 0 fully saturated rings. The summed E-state index contributed by atoms with van der Waals surface area (Å²) in [6.45, 7) is 6.14. The second kappa shape index (κ2) is 8.79. The highest BCUT2D eigenvalue weighted by atomic mass is 32.2. The van der Waals surface area contributed by atoms with Gasteiger partial charge in [0.25, 0.3) is 0 Å². The average Bonchev–Trinajstić information content (AvgIpc) is 2.90. The molecule has 0 aliphatic rings. The molecule has 1 aromatic rings. The topological polar surface area (TPSA) is 110 Å². The molecule has 0 aliphatic heterocycles.